The van der Waals surface area contributed by atoms with Crippen LogP contribution in [0, 0.1) is 0 Å². The second-order valence-corrected chi connectivity index (χ2v) is 7.40. The van der Waals surface area contributed by atoms with Crippen LogP contribution < -0.4 is 4.72 Å². The predicted octanol–water partition coefficient (Wildman–Crippen LogP) is 2.05. The number of nitrogens with zero attached hydrogens (tertiary/aromatic N) is 1. The van der Waals surface area contributed by atoms with Crippen LogP contribution in [0.5, 0.6) is 0 Å². The molecule has 0 radical (unpaired) electrons. The maximum absolute atomic E-state index is 12.0. The van der Waals surface area contributed by atoms with Crippen molar-refractivity contribution in [2.45, 2.75) is 26.0 Å². The van der Waals surface area contributed by atoms with Gasteiger partial charge in [-0.2, -0.15) is 17.4 Å². The highest BCUT2D eigenvalue weighted by atomic mass is 32.2. The van der Waals surface area contributed by atoms with Gasteiger partial charge in [-0.3, -0.25) is 0 Å². The quantitative estimate of drug-likeness (QED) is 0.855. The molecule has 5 nitrogen and oxygen atoms in total. The fourth-order valence-electron chi connectivity index (χ4n) is 2.10. The van der Waals surface area contributed by atoms with Crippen molar-refractivity contribution >= 4 is 21.0 Å². The highest BCUT2D eigenvalue weighted by Gasteiger charge is 2.21. The first-order valence-corrected chi connectivity index (χ1v) is 8.64. The third-order valence-corrected chi connectivity index (χ3v) is 5.44. The van der Waals surface area contributed by atoms with E-state index in [1.807, 2.05) is 42.5 Å². The van der Waals surface area contributed by atoms with Crippen LogP contribution in [0.4, 0.5) is 0 Å². The molecule has 6 heteroatoms. The molecule has 2 aromatic carbocycles. The molecule has 0 aliphatic carbocycles. The molecular formula is C16H22N2O3S. The minimum absolute atomic E-state index is 0.0578. The Hall–Kier alpha value is -1.47. The number of fused-ring (bicyclic) bond motifs is 1. The fourth-order valence-corrected chi connectivity index (χ4v) is 3.22. The number of hydrogen-bond acceptors (Lipinski definition) is 3. The molecule has 0 heterocycles. The van der Waals surface area contributed by atoms with Gasteiger partial charge in [-0.15, -0.1) is 0 Å². The summed E-state index contributed by atoms with van der Waals surface area (Å²) in [6.07, 6.45) is -0.889. The van der Waals surface area contributed by atoms with Gasteiger partial charge in [0.25, 0.3) is 10.2 Å². The third kappa shape index (κ3) is 3.84. The number of nitrogens with one attached hydrogen (secondary N) is 1. The number of benzene rings is 2. The number of rotatable bonds is 6. The van der Waals surface area contributed by atoms with E-state index in [1.54, 1.807) is 13.8 Å². The first-order chi connectivity index (χ1) is 10.3. The summed E-state index contributed by atoms with van der Waals surface area (Å²) in [6, 6.07) is 13.3. The van der Waals surface area contributed by atoms with E-state index in [0.717, 1.165) is 10.8 Å². The first kappa shape index (κ1) is 16.9. The smallest absolute Gasteiger partial charge is 0.279 e. The minimum Gasteiger partial charge on any atom is -0.387 e. The highest BCUT2D eigenvalue weighted by Crippen LogP contribution is 2.20. The van der Waals surface area contributed by atoms with Crippen molar-refractivity contribution in [3.8, 4) is 0 Å². The van der Waals surface area contributed by atoms with Gasteiger partial charge in [0.2, 0.25) is 0 Å². The molecule has 0 spiro atoms. The normalized spacial score (nSPS) is 13.9. The predicted molar refractivity (Wildman–Crippen MR) is 88.7 cm³/mol. The number of aliphatic hydroxyl groups is 1. The van der Waals surface area contributed by atoms with Crippen LogP contribution in [-0.2, 0) is 10.2 Å². The van der Waals surface area contributed by atoms with Crippen LogP contribution in [0.15, 0.2) is 42.5 Å². The molecule has 0 saturated heterocycles. The Morgan fingerprint density at radius 2 is 1.77 bits per heavy atom. The monoisotopic (exact) mass is 322 g/mol. The van der Waals surface area contributed by atoms with E-state index in [9.17, 15) is 13.5 Å². The largest absolute Gasteiger partial charge is 0.387 e. The number of hydrogen-bond donors (Lipinski definition) is 2. The Labute approximate surface area is 131 Å². The molecule has 1 atom stereocenters. The average Bonchev–Trinajstić information content (AvgIpc) is 2.51. The van der Waals surface area contributed by atoms with Gasteiger partial charge in [0, 0.05) is 19.6 Å². The van der Waals surface area contributed by atoms with Crippen molar-refractivity contribution in [2.24, 2.45) is 0 Å². The molecule has 0 bridgehead atoms. The summed E-state index contributed by atoms with van der Waals surface area (Å²) < 4.78 is 27.7. The topological polar surface area (TPSA) is 69.6 Å². The molecule has 0 aliphatic rings. The summed E-state index contributed by atoms with van der Waals surface area (Å²) in [6.45, 7) is 3.52. The zero-order chi connectivity index (χ0) is 16.3. The van der Waals surface area contributed by atoms with Gasteiger partial charge in [0.05, 0.1) is 6.10 Å². The Morgan fingerprint density at radius 1 is 1.14 bits per heavy atom. The van der Waals surface area contributed by atoms with Crippen LogP contribution in [0.25, 0.3) is 10.8 Å². The Bertz CT molecular complexity index is 744. The van der Waals surface area contributed by atoms with E-state index in [0.29, 0.717) is 5.56 Å². The molecule has 0 aliphatic heterocycles. The fraction of sp³-hybridized carbons (Fsp3) is 0.375. The van der Waals surface area contributed by atoms with Crippen molar-refractivity contribution in [1.82, 2.24) is 9.03 Å². The number of aliphatic hydroxyl groups excluding tert-OH is 1. The van der Waals surface area contributed by atoms with E-state index in [-0.39, 0.29) is 12.6 Å². The van der Waals surface area contributed by atoms with Crippen molar-refractivity contribution in [1.29, 1.82) is 0 Å². The van der Waals surface area contributed by atoms with Crippen LogP contribution in [-0.4, -0.2) is 37.5 Å². The lowest BCUT2D eigenvalue weighted by atomic mass is 10.0. The molecule has 0 amide bonds. The van der Waals surface area contributed by atoms with Crippen molar-refractivity contribution in [2.75, 3.05) is 13.6 Å². The summed E-state index contributed by atoms with van der Waals surface area (Å²) in [5, 5.41) is 12.3. The van der Waals surface area contributed by atoms with Gasteiger partial charge in [-0.25, -0.2) is 0 Å². The van der Waals surface area contributed by atoms with Crippen LogP contribution in [0.3, 0.4) is 0 Å². The van der Waals surface area contributed by atoms with Crippen LogP contribution >= 0.6 is 0 Å². The SMILES string of the molecule is CC(C)N(C)S(=O)(=O)NCC(O)c1ccc2ccccc2c1. The molecule has 2 aromatic rings. The third-order valence-electron chi connectivity index (χ3n) is 3.72. The lowest BCUT2D eigenvalue weighted by Crippen LogP contribution is -2.43. The lowest BCUT2D eigenvalue weighted by molar-refractivity contribution is 0.181. The van der Waals surface area contributed by atoms with Crippen molar-refractivity contribution in [3.63, 3.8) is 0 Å². The van der Waals surface area contributed by atoms with E-state index < -0.39 is 16.3 Å². The zero-order valence-corrected chi connectivity index (χ0v) is 13.8. The molecule has 2 N–H and O–H groups in total. The summed E-state index contributed by atoms with van der Waals surface area (Å²) in [5.74, 6) is 0. The van der Waals surface area contributed by atoms with Crippen LogP contribution in [0.2, 0.25) is 0 Å². The Kier molecular flexibility index (Phi) is 5.18. The molecule has 120 valence electrons. The van der Waals surface area contributed by atoms with Gasteiger partial charge in [-0.05, 0) is 36.2 Å². The lowest BCUT2D eigenvalue weighted by Gasteiger charge is -2.22. The molecule has 0 saturated carbocycles. The molecule has 0 aromatic heterocycles. The molecular weight excluding hydrogens is 300 g/mol. The van der Waals surface area contributed by atoms with Gasteiger partial charge in [0.1, 0.15) is 0 Å². The van der Waals surface area contributed by atoms with Crippen molar-refractivity contribution < 1.29 is 13.5 Å². The maximum Gasteiger partial charge on any atom is 0.279 e. The second kappa shape index (κ2) is 6.75. The molecule has 1 unspecified atom stereocenters. The van der Waals surface area contributed by atoms with E-state index in [1.165, 1.54) is 11.4 Å². The van der Waals surface area contributed by atoms with E-state index in [2.05, 4.69) is 4.72 Å². The van der Waals surface area contributed by atoms with E-state index in [4.69, 9.17) is 0 Å². The maximum atomic E-state index is 12.0. The molecule has 2 rings (SSSR count). The summed E-state index contributed by atoms with van der Waals surface area (Å²) in [4.78, 5) is 0. The van der Waals surface area contributed by atoms with Gasteiger partial charge < -0.3 is 5.11 Å². The summed E-state index contributed by atoms with van der Waals surface area (Å²) in [5.41, 5.74) is 0.689. The minimum atomic E-state index is -3.58. The van der Waals surface area contributed by atoms with Gasteiger partial charge >= 0.3 is 0 Å². The Balaban J connectivity index is 2.09. The average molecular weight is 322 g/mol. The summed E-state index contributed by atoms with van der Waals surface area (Å²) >= 11 is 0. The van der Waals surface area contributed by atoms with Gasteiger partial charge in [0.15, 0.2) is 0 Å². The van der Waals surface area contributed by atoms with Crippen molar-refractivity contribution in [3.05, 3.63) is 48.0 Å². The van der Waals surface area contributed by atoms with Crippen LogP contribution in [0.1, 0.15) is 25.5 Å². The first-order valence-electron chi connectivity index (χ1n) is 7.20. The highest BCUT2D eigenvalue weighted by molar-refractivity contribution is 7.87. The van der Waals surface area contributed by atoms with E-state index >= 15 is 0 Å². The van der Waals surface area contributed by atoms with Gasteiger partial charge in [-0.1, -0.05) is 36.4 Å². The zero-order valence-electron chi connectivity index (χ0n) is 13.0. The molecule has 22 heavy (non-hydrogen) atoms. The summed E-state index contributed by atoms with van der Waals surface area (Å²) in [7, 11) is -2.07. The molecule has 0 fully saturated rings. The second-order valence-electron chi connectivity index (χ2n) is 5.59. The Morgan fingerprint density at radius 3 is 2.41 bits per heavy atom. The standard InChI is InChI=1S/C16H22N2O3S/c1-12(2)18(3)22(20,21)17-11-16(19)15-9-8-13-6-4-5-7-14(13)10-15/h4-10,12,16-17,19H,11H2,1-3H3.